The van der Waals surface area contributed by atoms with Crippen molar-refractivity contribution in [2.45, 2.75) is 45.4 Å². The van der Waals surface area contributed by atoms with Crippen LogP contribution < -0.4 is 10.6 Å². The van der Waals surface area contributed by atoms with Gasteiger partial charge in [0.05, 0.1) is 12.2 Å². The number of hydrogen-bond donors (Lipinski definition) is 2. The highest BCUT2D eigenvalue weighted by molar-refractivity contribution is 7.80. The molecular formula is C16H25N3OS. The van der Waals surface area contributed by atoms with Crippen LogP contribution in [0.2, 0.25) is 0 Å². The average molecular weight is 307 g/mol. The number of thiocarbonyl (C=S) groups is 1. The topological polar surface area (TPSA) is 62.4 Å². The lowest BCUT2D eigenvalue weighted by molar-refractivity contribution is 0.301. The number of aromatic nitrogens is 1. The van der Waals surface area contributed by atoms with Gasteiger partial charge in [0.25, 0.3) is 0 Å². The number of nitrogens with zero attached hydrogens (tertiary/aromatic N) is 2. The lowest BCUT2D eigenvalue weighted by Gasteiger charge is -2.27. The van der Waals surface area contributed by atoms with Gasteiger partial charge >= 0.3 is 0 Å². The van der Waals surface area contributed by atoms with E-state index in [0.717, 1.165) is 43.6 Å². The van der Waals surface area contributed by atoms with E-state index in [0.29, 0.717) is 11.5 Å². The molecule has 0 unspecified atom stereocenters. The summed E-state index contributed by atoms with van der Waals surface area (Å²) in [4.78, 5) is 7.37. The number of rotatable bonds is 7. The maximum Gasteiger partial charge on any atom is 0.139 e. The predicted molar refractivity (Wildman–Crippen MR) is 91.0 cm³/mol. The van der Waals surface area contributed by atoms with Crippen LogP contribution >= 0.6 is 12.2 Å². The quantitative estimate of drug-likeness (QED) is 0.756. The Morgan fingerprint density at radius 2 is 2.14 bits per heavy atom. The van der Waals surface area contributed by atoms with Crippen molar-refractivity contribution in [2.75, 3.05) is 24.6 Å². The normalized spacial score (nSPS) is 13.8. The number of aliphatic hydroxyl groups is 1. The molecular weight excluding hydrogens is 282 g/mol. The molecule has 1 aliphatic rings. The molecule has 0 bridgehead atoms. The van der Waals surface area contributed by atoms with Crippen LogP contribution in [-0.2, 0) is 12.8 Å². The van der Waals surface area contributed by atoms with Gasteiger partial charge in [-0.3, -0.25) is 0 Å². The van der Waals surface area contributed by atoms with Crippen LogP contribution in [0.3, 0.4) is 0 Å². The number of aryl methyl sites for hydroxylation is 2. The minimum Gasteiger partial charge on any atom is -0.395 e. The van der Waals surface area contributed by atoms with Crippen LogP contribution in [0.1, 0.15) is 49.4 Å². The summed E-state index contributed by atoms with van der Waals surface area (Å²) in [7, 11) is 0. The van der Waals surface area contributed by atoms with E-state index in [-0.39, 0.29) is 6.61 Å². The summed E-state index contributed by atoms with van der Waals surface area (Å²) in [6.07, 6.45) is 6.67. The summed E-state index contributed by atoms with van der Waals surface area (Å²) in [6, 6.07) is 2.12. The summed E-state index contributed by atoms with van der Waals surface area (Å²) in [5.74, 6) is 0.852. The molecule has 1 aromatic rings. The van der Waals surface area contributed by atoms with Crippen LogP contribution in [0.25, 0.3) is 0 Å². The van der Waals surface area contributed by atoms with Crippen molar-refractivity contribution in [1.82, 2.24) is 4.98 Å². The lowest BCUT2D eigenvalue weighted by atomic mass is 9.94. The third-order valence-corrected chi connectivity index (χ3v) is 4.22. The molecule has 0 saturated carbocycles. The molecule has 0 spiro atoms. The van der Waals surface area contributed by atoms with Crippen LogP contribution in [0, 0.1) is 0 Å². The van der Waals surface area contributed by atoms with E-state index >= 15 is 0 Å². The first-order valence-electron chi connectivity index (χ1n) is 7.85. The fourth-order valence-corrected chi connectivity index (χ4v) is 2.99. The first kappa shape index (κ1) is 16.2. The molecule has 2 rings (SSSR count). The van der Waals surface area contributed by atoms with Crippen LogP contribution in [-0.4, -0.2) is 34.8 Å². The molecule has 4 nitrogen and oxygen atoms in total. The summed E-state index contributed by atoms with van der Waals surface area (Å²) >= 11 is 5.22. The maximum atomic E-state index is 9.33. The SMILES string of the molecule is CCCCN(CCO)c1nc2c(cc1C(N)=S)CCCC2. The highest BCUT2D eigenvalue weighted by atomic mass is 32.1. The Hall–Kier alpha value is -1.20. The van der Waals surface area contributed by atoms with Gasteiger partial charge in [0.1, 0.15) is 10.8 Å². The number of nitrogens with two attached hydrogens (primary N) is 1. The Balaban J connectivity index is 2.40. The summed E-state index contributed by atoms with van der Waals surface area (Å²) in [6.45, 7) is 3.71. The summed E-state index contributed by atoms with van der Waals surface area (Å²) in [5.41, 5.74) is 9.23. The van der Waals surface area contributed by atoms with Crippen molar-refractivity contribution in [3.05, 3.63) is 22.9 Å². The fourth-order valence-electron chi connectivity index (χ4n) is 2.84. The molecule has 0 amide bonds. The van der Waals surface area contributed by atoms with E-state index in [4.69, 9.17) is 22.9 Å². The van der Waals surface area contributed by atoms with Crippen molar-refractivity contribution >= 4 is 23.0 Å². The molecule has 3 N–H and O–H groups in total. The van der Waals surface area contributed by atoms with Gasteiger partial charge in [-0.2, -0.15) is 0 Å². The zero-order chi connectivity index (χ0) is 15.2. The molecule has 0 saturated heterocycles. The first-order valence-corrected chi connectivity index (χ1v) is 8.26. The molecule has 1 aromatic heterocycles. The van der Waals surface area contributed by atoms with Gasteiger partial charge in [-0.15, -0.1) is 0 Å². The third kappa shape index (κ3) is 3.92. The molecule has 0 aliphatic heterocycles. The molecule has 0 radical (unpaired) electrons. The Kier molecular flexibility index (Phi) is 5.94. The number of pyridine rings is 1. The zero-order valence-corrected chi connectivity index (χ0v) is 13.6. The largest absolute Gasteiger partial charge is 0.395 e. The zero-order valence-electron chi connectivity index (χ0n) is 12.8. The van der Waals surface area contributed by atoms with Gasteiger partial charge in [0.15, 0.2) is 0 Å². The van der Waals surface area contributed by atoms with E-state index in [1.54, 1.807) is 0 Å². The van der Waals surface area contributed by atoms with Crippen molar-refractivity contribution < 1.29 is 5.11 Å². The number of hydrogen-bond acceptors (Lipinski definition) is 4. The van der Waals surface area contributed by atoms with Crippen molar-refractivity contribution in [2.24, 2.45) is 5.73 Å². The average Bonchev–Trinajstić information content (AvgIpc) is 2.50. The van der Waals surface area contributed by atoms with Gasteiger partial charge in [0, 0.05) is 18.8 Å². The molecule has 0 atom stereocenters. The highest BCUT2D eigenvalue weighted by Crippen LogP contribution is 2.27. The number of anilines is 1. The number of aliphatic hydroxyl groups excluding tert-OH is 1. The Morgan fingerprint density at radius 3 is 2.81 bits per heavy atom. The van der Waals surface area contributed by atoms with Gasteiger partial charge in [-0.1, -0.05) is 25.6 Å². The standard InChI is InChI=1S/C16H25N3OS/c1-2-3-8-19(9-10-20)16-13(15(17)21)11-12-6-4-5-7-14(12)18-16/h11,20H,2-10H2,1H3,(H2,17,21). The molecule has 5 heteroatoms. The minimum atomic E-state index is 0.110. The molecule has 21 heavy (non-hydrogen) atoms. The fraction of sp³-hybridized carbons (Fsp3) is 0.625. The molecule has 0 aromatic carbocycles. The summed E-state index contributed by atoms with van der Waals surface area (Å²) < 4.78 is 0. The Labute approximate surface area is 132 Å². The van der Waals surface area contributed by atoms with Gasteiger partial charge in [-0.25, -0.2) is 4.98 Å². The van der Waals surface area contributed by atoms with Crippen LogP contribution in [0.5, 0.6) is 0 Å². The third-order valence-electron chi connectivity index (χ3n) is 4.00. The van der Waals surface area contributed by atoms with E-state index in [9.17, 15) is 5.11 Å². The van der Waals surface area contributed by atoms with Crippen molar-refractivity contribution in [1.29, 1.82) is 0 Å². The second kappa shape index (κ2) is 7.71. The molecule has 0 fully saturated rings. The van der Waals surface area contributed by atoms with Crippen molar-refractivity contribution in [3.8, 4) is 0 Å². The second-order valence-electron chi connectivity index (χ2n) is 5.60. The molecule has 116 valence electrons. The van der Waals surface area contributed by atoms with Gasteiger partial charge < -0.3 is 15.7 Å². The van der Waals surface area contributed by atoms with Gasteiger partial charge in [-0.05, 0) is 43.7 Å². The van der Waals surface area contributed by atoms with Crippen LogP contribution in [0.15, 0.2) is 6.07 Å². The van der Waals surface area contributed by atoms with E-state index in [1.807, 2.05) is 0 Å². The highest BCUT2D eigenvalue weighted by Gasteiger charge is 2.20. The lowest BCUT2D eigenvalue weighted by Crippen LogP contribution is -2.32. The predicted octanol–water partition coefficient (Wildman–Crippen LogP) is 2.19. The number of fused-ring (bicyclic) bond motifs is 1. The molecule has 1 aliphatic carbocycles. The van der Waals surface area contributed by atoms with E-state index in [2.05, 4.69) is 17.9 Å². The van der Waals surface area contributed by atoms with Crippen LogP contribution in [0.4, 0.5) is 5.82 Å². The van der Waals surface area contributed by atoms with Gasteiger partial charge in [0.2, 0.25) is 0 Å². The smallest absolute Gasteiger partial charge is 0.139 e. The summed E-state index contributed by atoms with van der Waals surface area (Å²) in [5, 5.41) is 9.33. The Bertz CT molecular complexity index is 505. The molecule has 1 heterocycles. The monoisotopic (exact) mass is 307 g/mol. The minimum absolute atomic E-state index is 0.110. The first-order chi connectivity index (χ1) is 10.2. The van der Waals surface area contributed by atoms with E-state index < -0.39 is 0 Å². The van der Waals surface area contributed by atoms with E-state index in [1.165, 1.54) is 24.1 Å². The maximum absolute atomic E-state index is 9.33. The second-order valence-corrected chi connectivity index (χ2v) is 6.04. The van der Waals surface area contributed by atoms with Crippen molar-refractivity contribution in [3.63, 3.8) is 0 Å². The Morgan fingerprint density at radius 1 is 1.38 bits per heavy atom. The number of unbranched alkanes of at least 4 members (excludes halogenated alkanes) is 1.